The summed E-state index contributed by atoms with van der Waals surface area (Å²) >= 11 is 0. The summed E-state index contributed by atoms with van der Waals surface area (Å²) in [5, 5.41) is 12.2. The zero-order valence-electron chi connectivity index (χ0n) is 13.4. The molecule has 21 heavy (non-hydrogen) atoms. The first-order valence-electron chi connectivity index (χ1n) is 7.96. The molecule has 0 fully saturated rings. The van der Waals surface area contributed by atoms with Crippen molar-refractivity contribution in [1.29, 1.82) is 0 Å². The predicted octanol–water partition coefficient (Wildman–Crippen LogP) is 2.43. The van der Waals surface area contributed by atoms with E-state index in [0.29, 0.717) is 19.5 Å². The number of rotatable bonds is 13. The highest BCUT2D eigenvalue weighted by Gasteiger charge is 2.21. The molecule has 5 nitrogen and oxygen atoms in total. The van der Waals surface area contributed by atoms with Gasteiger partial charge in [0.1, 0.15) is 0 Å². The molecule has 0 rings (SSSR count). The molecule has 0 saturated heterocycles. The monoisotopic (exact) mass is 306 g/mol. The van der Waals surface area contributed by atoms with Gasteiger partial charge in [-0.3, -0.25) is 4.79 Å². The molecule has 0 aliphatic heterocycles. The third-order valence-electron chi connectivity index (χ3n) is 3.65. The second-order valence-electron chi connectivity index (χ2n) is 5.74. The van der Waals surface area contributed by atoms with E-state index in [1.807, 2.05) is 6.92 Å². The highest BCUT2D eigenvalue weighted by molar-refractivity contribution is 5.78. The maximum absolute atomic E-state index is 12.0. The molecule has 6 heteroatoms. The van der Waals surface area contributed by atoms with Crippen LogP contribution in [-0.4, -0.2) is 29.9 Å². The van der Waals surface area contributed by atoms with Crippen LogP contribution in [0.25, 0.3) is 0 Å². The minimum Gasteiger partial charge on any atom is -0.363 e. The molecular formula is C15H31FN2O3. The molecule has 0 aromatic rings. The Hall–Kier alpha value is -0.720. The maximum atomic E-state index is 12.0. The number of aliphatic hydroxyl groups is 1. The van der Waals surface area contributed by atoms with Gasteiger partial charge in [-0.05, 0) is 50.1 Å². The molecule has 0 aliphatic rings. The largest absolute Gasteiger partial charge is 0.363 e. The lowest BCUT2D eigenvalue weighted by molar-refractivity contribution is -0.321. The third-order valence-corrected chi connectivity index (χ3v) is 3.65. The van der Waals surface area contributed by atoms with Gasteiger partial charge in [-0.1, -0.05) is 19.8 Å². The highest BCUT2D eigenvalue weighted by Crippen LogP contribution is 2.16. The van der Waals surface area contributed by atoms with Crippen LogP contribution in [0.15, 0.2) is 0 Å². The van der Waals surface area contributed by atoms with Crippen LogP contribution in [-0.2, 0) is 9.74 Å². The van der Waals surface area contributed by atoms with Crippen LogP contribution in [0, 0.1) is 5.92 Å². The zero-order chi connectivity index (χ0) is 16.1. The second-order valence-corrected chi connectivity index (χ2v) is 5.74. The Morgan fingerprint density at radius 3 is 2.62 bits per heavy atom. The van der Waals surface area contributed by atoms with Crippen LogP contribution in [0.2, 0.25) is 0 Å². The smallest absolute Gasteiger partial charge is 0.223 e. The Balaban J connectivity index is 3.68. The standard InChI is InChI=1S/C15H31FN2O3/c1-3-13(9-5-7-11-17)14(19)18-12-8-4-6-10-15(2,20)21-16/h13,20H,3-12,17H2,1-2H3,(H,18,19). The number of nitrogens with two attached hydrogens (primary N) is 1. The van der Waals surface area contributed by atoms with Gasteiger partial charge in [0.2, 0.25) is 11.7 Å². The summed E-state index contributed by atoms with van der Waals surface area (Å²) in [6.07, 6.45) is 6.19. The summed E-state index contributed by atoms with van der Waals surface area (Å²) in [6, 6.07) is 0. The average molecular weight is 306 g/mol. The van der Waals surface area contributed by atoms with Crippen molar-refractivity contribution in [3.05, 3.63) is 0 Å². The van der Waals surface area contributed by atoms with Crippen LogP contribution in [0.4, 0.5) is 4.53 Å². The van der Waals surface area contributed by atoms with Crippen molar-refractivity contribution in [2.24, 2.45) is 11.7 Å². The van der Waals surface area contributed by atoms with Gasteiger partial charge in [0, 0.05) is 18.9 Å². The summed E-state index contributed by atoms with van der Waals surface area (Å²) in [6.45, 7) is 4.60. The number of hydrogen-bond acceptors (Lipinski definition) is 4. The van der Waals surface area contributed by atoms with Gasteiger partial charge in [-0.25, -0.2) is 0 Å². The van der Waals surface area contributed by atoms with E-state index in [2.05, 4.69) is 10.3 Å². The topological polar surface area (TPSA) is 84.6 Å². The maximum Gasteiger partial charge on any atom is 0.223 e. The summed E-state index contributed by atoms with van der Waals surface area (Å²) in [5.41, 5.74) is 5.45. The quantitative estimate of drug-likeness (QED) is 0.360. The van der Waals surface area contributed by atoms with Crippen molar-refractivity contribution in [2.45, 2.75) is 71.0 Å². The zero-order valence-corrected chi connectivity index (χ0v) is 13.4. The van der Waals surface area contributed by atoms with Crippen LogP contribution in [0.5, 0.6) is 0 Å². The molecule has 0 bridgehead atoms. The molecule has 126 valence electrons. The Morgan fingerprint density at radius 2 is 2.05 bits per heavy atom. The number of halogens is 1. The summed E-state index contributed by atoms with van der Waals surface area (Å²) in [4.78, 5) is 15.4. The van der Waals surface area contributed by atoms with Crippen molar-refractivity contribution < 1.29 is 19.4 Å². The van der Waals surface area contributed by atoms with Gasteiger partial charge in [0.15, 0.2) is 0 Å². The van der Waals surface area contributed by atoms with E-state index >= 15 is 0 Å². The Morgan fingerprint density at radius 1 is 1.33 bits per heavy atom. The van der Waals surface area contributed by atoms with Crippen molar-refractivity contribution in [3.8, 4) is 0 Å². The lowest BCUT2D eigenvalue weighted by Crippen LogP contribution is -2.31. The fraction of sp³-hybridized carbons (Fsp3) is 0.933. The van der Waals surface area contributed by atoms with Gasteiger partial charge >= 0.3 is 0 Å². The van der Waals surface area contributed by atoms with Crippen LogP contribution in [0.1, 0.15) is 65.2 Å². The molecule has 2 atom stereocenters. The van der Waals surface area contributed by atoms with Crippen LogP contribution < -0.4 is 11.1 Å². The number of amides is 1. The first kappa shape index (κ1) is 20.3. The third kappa shape index (κ3) is 10.6. The van der Waals surface area contributed by atoms with E-state index in [0.717, 1.165) is 38.5 Å². The minimum atomic E-state index is -1.69. The van der Waals surface area contributed by atoms with Gasteiger partial charge in [0.25, 0.3) is 0 Å². The molecule has 0 spiro atoms. The van der Waals surface area contributed by atoms with Crippen molar-refractivity contribution in [1.82, 2.24) is 5.32 Å². The number of carbonyl (C=O) groups is 1. The molecule has 2 unspecified atom stereocenters. The van der Waals surface area contributed by atoms with E-state index < -0.39 is 5.79 Å². The SMILES string of the molecule is CCC(CCCCN)C(=O)NCCCCCC(C)(O)OF. The molecule has 4 N–H and O–H groups in total. The van der Waals surface area contributed by atoms with Crippen molar-refractivity contribution in [2.75, 3.05) is 13.1 Å². The van der Waals surface area contributed by atoms with Gasteiger partial charge < -0.3 is 16.2 Å². The van der Waals surface area contributed by atoms with E-state index in [1.165, 1.54) is 6.92 Å². The second kappa shape index (κ2) is 11.9. The van der Waals surface area contributed by atoms with Crippen molar-refractivity contribution in [3.63, 3.8) is 0 Å². The summed E-state index contributed by atoms with van der Waals surface area (Å²) in [7, 11) is 0. The van der Waals surface area contributed by atoms with E-state index in [-0.39, 0.29) is 18.2 Å². The lowest BCUT2D eigenvalue weighted by atomic mass is 9.98. The lowest BCUT2D eigenvalue weighted by Gasteiger charge is -2.17. The number of carbonyl (C=O) groups excluding carboxylic acids is 1. The number of hydrogen-bond donors (Lipinski definition) is 3. The average Bonchev–Trinajstić information content (AvgIpc) is 2.47. The molecule has 0 aliphatic carbocycles. The number of nitrogens with one attached hydrogen (secondary N) is 1. The predicted molar refractivity (Wildman–Crippen MR) is 81.0 cm³/mol. The van der Waals surface area contributed by atoms with Gasteiger partial charge in [-0.15, -0.1) is 0 Å². The summed E-state index contributed by atoms with van der Waals surface area (Å²) in [5.74, 6) is -1.52. The Kier molecular flexibility index (Phi) is 11.5. The fourth-order valence-corrected chi connectivity index (χ4v) is 2.20. The molecule has 1 amide bonds. The Bertz CT molecular complexity index is 276. The van der Waals surface area contributed by atoms with Gasteiger partial charge in [0.05, 0.1) is 0 Å². The fourth-order valence-electron chi connectivity index (χ4n) is 2.20. The summed E-state index contributed by atoms with van der Waals surface area (Å²) < 4.78 is 11.9. The Labute approximate surface area is 127 Å². The molecule has 0 aromatic heterocycles. The van der Waals surface area contributed by atoms with Crippen LogP contribution >= 0.6 is 0 Å². The molecule has 0 radical (unpaired) electrons. The first-order valence-corrected chi connectivity index (χ1v) is 7.96. The first-order chi connectivity index (χ1) is 9.96. The number of unbranched alkanes of at least 4 members (excludes halogenated alkanes) is 3. The van der Waals surface area contributed by atoms with Crippen molar-refractivity contribution >= 4 is 5.91 Å². The normalized spacial score (nSPS) is 15.5. The highest BCUT2D eigenvalue weighted by atomic mass is 19.3. The molecule has 0 heterocycles. The molecule has 0 aromatic carbocycles. The molecule has 0 saturated carbocycles. The molecular weight excluding hydrogens is 275 g/mol. The van der Waals surface area contributed by atoms with E-state index in [1.54, 1.807) is 0 Å². The van der Waals surface area contributed by atoms with E-state index in [9.17, 15) is 14.4 Å². The van der Waals surface area contributed by atoms with Gasteiger partial charge in [-0.2, -0.15) is 4.94 Å². The minimum absolute atomic E-state index is 0.0669. The van der Waals surface area contributed by atoms with Crippen LogP contribution in [0.3, 0.4) is 0 Å². The van der Waals surface area contributed by atoms with E-state index in [4.69, 9.17) is 5.73 Å².